The van der Waals surface area contributed by atoms with Gasteiger partial charge in [0.25, 0.3) is 5.91 Å². The summed E-state index contributed by atoms with van der Waals surface area (Å²) in [5.41, 5.74) is 4.05. The Hall–Kier alpha value is -2.08. The molecule has 1 fully saturated rings. The lowest BCUT2D eigenvalue weighted by atomic mass is 9.94. The van der Waals surface area contributed by atoms with Crippen LogP contribution < -0.4 is 11.1 Å². The molecule has 6 nitrogen and oxygen atoms in total. The van der Waals surface area contributed by atoms with E-state index in [0.717, 1.165) is 0 Å². The number of nitrogens with zero attached hydrogens (tertiary/aromatic N) is 1. The van der Waals surface area contributed by atoms with Gasteiger partial charge in [0.15, 0.2) is 5.60 Å². The van der Waals surface area contributed by atoms with Crippen LogP contribution >= 0.6 is 0 Å². The number of carbonyl (C=O) groups excluding carboxylic acids is 2. The fraction of sp³-hybridized carbons (Fsp3) is 0.429. The van der Waals surface area contributed by atoms with Crippen LogP contribution in [0.3, 0.4) is 0 Å². The highest BCUT2D eigenvalue weighted by Crippen LogP contribution is 2.25. The van der Waals surface area contributed by atoms with Gasteiger partial charge in [-0.1, -0.05) is 30.3 Å². The summed E-state index contributed by atoms with van der Waals surface area (Å²) < 4.78 is 0. The van der Waals surface area contributed by atoms with Gasteiger partial charge in [0.2, 0.25) is 0 Å². The summed E-state index contributed by atoms with van der Waals surface area (Å²) in [5, 5.41) is 13.1. The van der Waals surface area contributed by atoms with Crippen LogP contribution in [0.1, 0.15) is 18.9 Å². The summed E-state index contributed by atoms with van der Waals surface area (Å²) in [6.07, 6.45) is 0.638. The molecule has 0 saturated carbocycles. The second-order valence-electron chi connectivity index (χ2n) is 5.18. The number of hydrogen-bond donors (Lipinski definition) is 3. The summed E-state index contributed by atoms with van der Waals surface area (Å²) in [5.74, 6) is -0.363. The van der Waals surface area contributed by atoms with E-state index in [9.17, 15) is 14.7 Å². The molecule has 1 aliphatic heterocycles. The number of primary amides is 1. The molecule has 2 unspecified atom stereocenters. The monoisotopic (exact) mass is 277 g/mol. The van der Waals surface area contributed by atoms with E-state index >= 15 is 0 Å². The topological polar surface area (TPSA) is 95.7 Å². The number of benzene rings is 1. The number of hydrogen-bond acceptors (Lipinski definition) is 3. The molecule has 3 amide bonds. The minimum Gasteiger partial charge on any atom is -0.376 e. The third kappa shape index (κ3) is 2.91. The van der Waals surface area contributed by atoms with Crippen LogP contribution in [0.5, 0.6) is 0 Å². The molecule has 4 N–H and O–H groups in total. The average molecular weight is 277 g/mol. The molecule has 1 aromatic carbocycles. The largest absolute Gasteiger partial charge is 0.376 e. The first kappa shape index (κ1) is 14.3. The standard InChI is InChI=1S/C14H19N3O3/c1-14(20,10-5-3-2-4-6-10)12(18)17-8-7-11(9-17)16-13(15)19/h2-6,11,20H,7-9H2,1H3,(H3,15,16,19). The summed E-state index contributed by atoms with van der Waals surface area (Å²) in [4.78, 5) is 24.8. The lowest BCUT2D eigenvalue weighted by Crippen LogP contribution is -2.46. The number of likely N-dealkylation sites (tertiary alicyclic amines) is 1. The predicted octanol–water partition coefficient (Wildman–Crippen LogP) is 0.163. The molecule has 108 valence electrons. The molecule has 0 spiro atoms. The number of rotatable bonds is 3. The summed E-state index contributed by atoms with van der Waals surface area (Å²) in [6.45, 7) is 2.34. The highest BCUT2D eigenvalue weighted by Gasteiger charge is 2.39. The van der Waals surface area contributed by atoms with Gasteiger partial charge in [0.05, 0.1) is 0 Å². The molecule has 1 saturated heterocycles. The molecule has 20 heavy (non-hydrogen) atoms. The van der Waals surface area contributed by atoms with Crippen LogP contribution in [0.15, 0.2) is 30.3 Å². The molecule has 1 heterocycles. The molecule has 0 aliphatic carbocycles. The average Bonchev–Trinajstić information content (AvgIpc) is 2.86. The summed E-state index contributed by atoms with van der Waals surface area (Å²) in [7, 11) is 0. The van der Waals surface area contributed by atoms with Crippen LogP contribution in [0.25, 0.3) is 0 Å². The number of nitrogens with two attached hydrogens (primary N) is 1. The van der Waals surface area contributed by atoms with Crippen molar-refractivity contribution in [3.63, 3.8) is 0 Å². The van der Waals surface area contributed by atoms with Gasteiger partial charge in [0.1, 0.15) is 0 Å². The van der Waals surface area contributed by atoms with Gasteiger partial charge >= 0.3 is 6.03 Å². The zero-order chi connectivity index (χ0) is 14.8. The number of nitrogens with one attached hydrogen (secondary N) is 1. The first-order chi connectivity index (χ1) is 9.41. The highest BCUT2D eigenvalue weighted by molar-refractivity contribution is 5.86. The van der Waals surface area contributed by atoms with Crippen molar-refractivity contribution in [1.29, 1.82) is 0 Å². The van der Waals surface area contributed by atoms with Crippen molar-refractivity contribution in [3.05, 3.63) is 35.9 Å². The number of aliphatic hydroxyl groups is 1. The maximum Gasteiger partial charge on any atom is 0.312 e. The van der Waals surface area contributed by atoms with E-state index in [1.165, 1.54) is 6.92 Å². The van der Waals surface area contributed by atoms with Crippen molar-refractivity contribution in [1.82, 2.24) is 10.2 Å². The van der Waals surface area contributed by atoms with Gasteiger partial charge in [-0.05, 0) is 18.9 Å². The molecule has 0 bridgehead atoms. The van der Waals surface area contributed by atoms with Gasteiger partial charge in [-0.15, -0.1) is 0 Å². The first-order valence-electron chi connectivity index (χ1n) is 6.54. The molecular weight excluding hydrogens is 258 g/mol. The molecule has 2 atom stereocenters. The Kier molecular flexibility index (Phi) is 3.94. The smallest absolute Gasteiger partial charge is 0.312 e. The Morgan fingerprint density at radius 2 is 2.05 bits per heavy atom. The first-order valence-corrected chi connectivity index (χ1v) is 6.54. The molecule has 0 aromatic heterocycles. The Morgan fingerprint density at radius 3 is 2.65 bits per heavy atom. The summed E-state index contributed by atoms with van der Waals surface area (Å²) >= 11 is 0. The Bertz CT molecular complexity index is 502. The second-order valence-corrected chi connectivity index (χ2v) is 5.18. The van der Waals surface area contributed by atoms with E-state index < -0.39 is 11.6 Å². The third-order valence-corrected chi connectivity index (χ3v) is 3.57. The van der Waals surface area contributed by atoms with Crippen molar-refractivity contribution < 1.29 is 14.7 Å². The summed E-state index contributed by atoms with van der Waals surface area (Å²) in [6, 6.07) is 8.06. The highest BCUT2D eigenvalue weighted by atomic mass is 16.3. The predicted molar refractivity (Wildman–Crippen MR) is 73.7 cm³/mol. The quantitative estimate of drug-likeness (QED) is 0.734. The number of carbonyl (C=O) groups is 2. The van der Waals surface area contributed by atoms with Crippen LogP contribution in [-0.2, 0) is 10.4 Å². The minimum atomic E-state index is -1.57. The fourth-order valence-electron chi connectivity index (χ4n) is 2.46. The second kappa shape index (κ2) is 5.50. The molecule has 6 heteroatoms. The van der Waals surface area contributed by atoms with Crippen molar-refractivity contribution in [2.24, 2.45) is 5.73 Å². The van der Waals surface area contributed by atoms with Gasteiger partial charge < -0.3 is 21.1 Å². The number of urea groups is 1. The molecule has 1 aliphatic rings. The van der Waals surface area contributed by atoms with Gasteiger partial charge in [0, 0.05) is 19.1 Å². The number of amides is 3. The van der Waals surface area contributed by atoms with E-state index in [2.05, 4.69) is 5.32 Å². The van der Waals surface area contributed by atoms with Gasteiger partial charge in [-0.25, -0.2) is 4.79 Å². The molecule has 2 rings (SSSR count). The maximum atomic E-state index is 12.4. The van der Waals surface area contributed by atoms with E-state index in [4.69, 9.17) is 5.73 Å². The van der Waals surface area contributed by atoms with Gasteiger partial charge in [-0.2, -0.15) is 0 Å². The third-order valence-electron chi connectivity index (χ3n) is 3.57. The van der Waals surface area contributed by atoms with Crippen LogP contribution in [0.2, 0.25) is 0 Å². The Balaban J connectivity index is 2.07. The van der Waals surface area contributed by atoms with Crippen LogP contribution in [-0.4, -0.2) is 41.1 Å². The van der Waals surface area contributed by atoms with E-state index in [1.54, 1.807) is 29.2 Å². The zero-order valence-corrected chi connectivity index (χ0v) is 11.4. The SMILES string of the molecule is CC(O)(C(=O)N1CCC(NC(N)=O)C1)c1ccccc1. The lowest BCUT2D eigenvalue weighted by Gasteiger charge is -2.28. The van der Waals surface area contributed by atoms with Crippen molar-refractivity contribution in [3.8, 4) is 0 Å². The maximum absolute atomic E-state index is 12.4. The van der Waals surface area contributed by atoms with Crippen molar-refractivity contribution in [2.45, 2.75) is 25.0 Å². The van der Waals surface area contributed by atoms with E-state index in [0.29, 0.717) is 25.1 Å². The lowest BCUT2D eigenvalue weighted by molar-refractivity contribution is -0.149. The zero-order valence-electron chi connectivity index (χ0n) is 11.4. The normalized spacial score (nSPS) is 21.3. The van der Waals surface area contributed by atoms with Crippen LogP contribution in [0.4, 0.5) is 4.79 Å². The van der Waals surface area contributed by atoms with Gasteiger partial charge in [-0.3, -0.25) is 4.79 Å². The Labute approximate surface area is 117 Å². The van der Waals surface area contributed by atoms with Crippen molar-refractivity contribution in [2.75, 3.05) is 13.1 Å². The molecule has 1 aromatic rings. The molecular formula is C14H19N3O3. The van der Waals surface area contributed by atoms with Crippen LogP contribution in [0, 0.1) is 0 Å². The minimum absolute atomic E-state index is 0.150. The van der Waals surface area contributed by atoms with Crippen molar-refractivity contribution >= 4 is 11.9 Å². The van der Waals surface area contributed by atoms with E-state index in [-0.39, 0.29) is 11.9 Å². The molecule has 0 radical (unpaired) electrons. The van der Waals surface area contributed by atoms with E-state index in [1.807, 2.05) is 6.07 Å². The Morgan fingerprint density at radius 1 is 1.40 bits per heavy atom. The fourth-order valence-corrected chi connectivity index (χ4v) is 2.46.